The Kier molecular flexibility index (Phi) is 27.0. The molecule has 9 aromatic rings. The summed E-state index contributed by atoms with van der Waals surface area (Å²) in [5.74, 6) is -2.10. The summed E-state index contributed by atoms with van der Waals surface area (Å²) in [6, 6.07) is 20.5. The Labute approximate surface area is 720 Å². The van der Waals surface area contributed by atoms with Crippen LogP contribution in [-0.4, -0.2) is 138 Å². The van der Waals surface area contributed by atoms with Gasteiger partial charge in [-0.1, -0.05) is 75.3 Å². The molecule has 42 heteroatoms. The Balaban J connectivity index is 0.000000193. The molecule has 6 aliphatic rings. The first-order chi connectivity index (χ1) is 55.6. The molecule has 7 amide bonds. The van der Waals surface area contributed by atoms with E-state index >= 15 is 0 Å². The van der Waals surface area contributed by atoms with E-state index in [1.165, 1.54) is 117 Å². The number of benzene rings is 3. The van der Waals surface area contributed by atoms with Crippen molar-refractivity contribution in [3.05, 3.63) is 228 Å². The van der Waals surface area contributed by atoms with Crippen LogP contribution in [0.2, 0.25) is 15.1 Å². The lowest BCUT2D eigenvalue weighted by Crippen LogP contribution is -2.59. The summed E-state index contributed by atoms with van der Waals surface area (Å²) >= 11 is 22.4. The van der Waals surface area contributed by atoms with Gasteiger partial charge in [0, 0.05) is 61.1 Å². The fourth-order valence-electron chi connectivity index (χ4n) is 13.8. The summed E-state index contributed by atoms with van der Waals surface area (Å²) in [5.41, 5.74) is 4.68. The van der Waals surface area contributed by atoms with E-state index < -0.39 is 116 Å². The molecule has 6 aromatic heterocycles. The van der Waals surface area contributed by atoms with Crippen molar-refractivity contribution in [1.29, 1.82) is 0 Å². The van der Waals surface area contributed by atoms with Gasteiger partial charge in [0.15, 0.2) is 17.0 Å². The molecule has 12 N–H and O–H groups in total. The maximum atomic E-state index is 14.7. The number of hydrogen-bond donors (Lipinski definition) is 10. The first-order valence-corrected chi connectivity index (χ1v) is 38.1. The number of nitrogens with two attached hydrogens (primary N) is 2. The van der Waals surface area contributed by atoms with Gasteiger partial charge >= 0.3 is 24.4 Å². The molecule has 0 fully saturated rings. The number of pyridine rings is 3. The lowest BCUT2D eigenvalue weighted by molar-refractivity contribution is 0.0115. The molecule has 15 rings (SSSR count). The summed E-state index contributed by atoms with van der Waals surface area (Å²) in [7, 11) is 0. The maximum Gasteiger partial charge on any atom is 0.413 e. The zero-order chi connectivity index (χ0) is 86.7. The number of carbonyl (C=O) groups is 7. The number of nitrogen functional groups attached to an aromatic ring is 2. The van der Waals surface area contributed by atoms with Gasteiger partial charge in [0.2, 0.25) is 0 Å². The van der Waals surface area contributed by atoms with Crippen molar-refractivity contribution in [1.82, 2.24) is 74.7 Å². The number of amides is 7. The highest BCUT2D eigenvalue weighted by Crippen LogP contribution is 2.44. The largest absolute Gasteiger partial charge is 0.444 e. The standard InChI is InChI=1S/C29H31ClFN7O6.C20H18BrClFN3O4.C19H15ClFN7O2.C9H14N4O2.3CH4/c1-27(2,3)43-25(41)35-21-11-20(32-14-33-21)34-19-10-18(30)22-23(39)36-29(38(22)24(19)40)13-37(26(42)44-28(4,5)6)12-15-7-8-16(31)9-17(15)29;1-19(2,3)30-18(29)25-8-10-4-5-11(23)6-12(10)20(9-25)24-16(27)15-14(22)7-13(21)17(28)26(15)20;20-12-4-13(26-15-5-14(22)24-8-25-15)18(30)28-16(12)17(29)27-19(28)7-23-6-9-1-2-10(21)3-11(9)19;1-9(2,3)15-8(14)13-7-4-6(10)11-5-12-7;;;/h7-11,14H,12-13H2,1-6H3,(H,36,39)(H2,32,33,34,35,41);4-7H,8-9H2,1-3H3,(H,24,27);1-5,8,23H,6-7H2,(H,27,29)(H3,22,24,25,26);4-5H,1-3H3,(H3,10,11,12,13,14);3*1H4. The van der Waals surface area contributed by atoms with Gasteiger partial charge < -0.3 is 62.3 Å². The van der Waals surface area contributed by atoms with Crippen molar-refractivity contribution >= 4 is 139 Å². The van der Waals surface area contributed by atoms with Gasteiger partial charge in [-0.15, -0.1) is 0 Å². The molecule has 648 valence electrons. The third-order valence-corrected chi connectivity index (χ3v) is 19.5. The van der Waals surface area contributed by atoms with E-state index in [2.05, 4.69) is 88.4 Å². The average molecular weight is 1810 g/mol. The van der Waals surface area contributed by atoms with Crippen LogP contribution in [0.4, 0.5) is 78.6 Å². The number of halogens is 7. The molecule has 6 aliphatic heterocycles. The van der Waals surface area contributed by atoms with Gasteiger partial charge in [-0.3, -0.25) is 62.9 Å². The summed E-state index contributed by atoms with van der Waals surface area (Å²) in [4.78, 5) is 155. The lowest BCUT2D eigenvalue weighted by Gasteiger charge is -2.42. The normalized spacial score (nSPS) is 17.3. The minimum atomic E-state index is -1.72. The number of aromatic nitrogens is 9. The molecule has 3 aromatic carbocycles. The Morgan fingerprint density at radius 3 is 1.20 bits per heavy atom. The molecule has 0 saturated heterocycles. The van der Waals surface area contributed by atoms with Gasteiger partial charge in [-0.05, 0) is 170 Å². The van der Waals surface area contributed by atoms with Crippen LogP contribution in [0.5, 0.6) is 0 Å². The highest BCUT2D eigenvalue weighted by Gasteiger charge is 2.55. The fraction of sp³-hybridized carbons (Fsp3) is 0.350. The van der Waals surface area contributed by atoms with Crippen molar-refractivity contribution in [2.24, 2.45) is 0 Å². The van der Waals surface area contributed by atoms with Crippen molar-refractivity contribution in [3.63, 3.8) is 0 Å². The number of nitrogens with zero attached hydrogens (tertiary/aromatic N) is 11. The number of carbonyl (C=O) groups excluding carboxylic acids is 7. The molecular formula is C80H90BrCl3F3N21O14. The van der Waals surface area contributed by atoms with E-state index in [-0.39, 0.29) is 138 Å². The smallest absolute Gasteiger partial charge is 0.413 e. The molecular weight excluding hydrogens is 1720 g/mol. The maximum absolute atomic E-state index is 14.7. The molecule has 35 nitrogen and oxygen atoms in total. The second kappa shape index (κ2) is 35.3. The zero-order valence-electron chi connectivity index (χ0n) is 65.6. The van der Waals surface area contributed by atoms with Crippen molar-refractivity contribution in [2.75, 3.05) is 52.4 Å². The monoisotopic (exact) mass is 1810 g/mol. The molecule has 0 saturated carbocycles. The van der Waals surface area contributed by atoms with Gasteiger partial charge in [-0.2, -0.15) is 0 Å². The first kappa shape index (κ1) is 93.4. The quantitative estimate of drug-likeness (QED) is 0.0691. The number of ether oxygens (including phenoxy) is 4. The lowest BCUT2D eigenvalue weighted by atomic mass is 9.89. The highest BCUT2D eigenvalue weighted by atomic mass is 79.9. The van der Waals surface area contributed by atoms with Crippen LogP contribution in [0.3, 0.4) is 0 Å². The topological polar surface area (TPSA) is 455 Å². The van der Waals surface area contributed by atoms with Crippen LogP contribution < -0.4 is 70.7 Å². The Bertz CT molecular complexity index is 5880. The van der Waals surface area contributed by atoms with E-state index in [9.17, 15) is 61.1 Å². The molecule has 3 atom stereocenters. The predicted molar refractivity (Wildman–Crippen MR) is 454 cm³/mol. The van der Waals surface area contributed by atoms with Crippen molar-refractivity contribution in [2.45, 2.75) is 164 Å². The van der Waals surface area contributed by atoms with Crippen LogP contribution in [0.1, 0.15) is 170 Å². The van der Waals surface area contributed by atoms with E-state index in [1.54, 1.807) is 89.2 Å². The molecule has 3 unspecified atom stereocenters. The number of hydrogen-bond acceptors (Lipinski definition) is 25. The van der Waals surface area contributed by atoms with Crippen LogP contribution in [0.25, 0.3) is 0 Å². The average Bonchev–Trinajstić information content (AvgIpc) is 1.54. The molecule has 0 radical (unpaired) electrons. The molecule has 0 aliphatic carbocycles. The number of nitrogens with one attached hydrogen (secondary N) is 8. The fourth-order valence-corrected chi connectivity index (χ4v) is 15.2. The van der Waals surface area contributed by atoms with E-state index in [4.69, 9.17) is 65.2 Å². The van der Waals surface area contributed by atoms with Gasteiger partial charge in [0.25, 0.3) is 34.4 Å². The Hall–Kier alpha value is -12.5. The predicted octanol–water partition coefficient (Wildman–Crippen LogP) is 12.9. The van der Waals surface area contributed by atoms with Crippen LogP contribution in [-0.2, 0) is 55.6 Å². The SMILES string of the molecule is C.C.C.CC(C)(C)OC(=O)N1Cc2ccc(F)cc2C2(C1)NC(=O)c1c(Cl)cc(Br)c(=O)n12.CC(C)(C)OC(=O)Nc1cc(N)ncn1.CC(C)(C)OC(=O)Nc1cc(Nc2cc(Cl)c3n(c2=O)C2(CN(C(=O)OC(C)(C)C)Cc4ccc(F)cc42)NC3=O)ncn1.Nc1cc(Nc2cc(Cl)c3n(c2=O)C2(CNCc4ccc(F)cc42)NC3=O)ncn1. The first-order valence-electron chi connectivity index (χ1n) is 36.2. The minimum Gasteiger partial charge on any atom is -0.444 e. The Morgan fingerprint density at radius 2 is 0.787 bits per heavy atom. The van der Waals surface area contributed by atoms with E-state index in [1.807, 2.05) is 0 Å². The molecule has 0 bridgehead atoms. The van der Waals surface area contributed by atoms with Crippen molar-refractivity contribution < 1.29 is 65.7 Å². The number of fused-ring (bicyclic) bond motifs is 12. The van der Waals surface area contributed by atoms with Gasteiger partial charge in [0.05, 0.1) is 32.6 Å². The summed E-state index contributed by atoms with van der Waals surface area (Å²) in [6.07, 6.45) is 1.06. The van der Waals surface area contributed by atoms with E-state index in [0.29, 0.717) is 34.6 Å². The highest BCUT2D eigenvalue weighted by molar-refractivity contribution is 9.10. The third-order valence-electron chi connectivity index (χ3n) is 18.1. The van der Waals surface area contributed by atoms with Gasteiger partial charge in [-0.25, -0.2) is 62.3 Å². The second-order valence-electron chi connectivity index (χ2n) is 31.7. The zero-order valence-corrected chi connectivity index (χ0v) is 69.4. The Morgan fingerprint density at radius 1 is 0.451 bits per heavy atom. The van der Waals surface area contributed by atoms with Crippen molar-refractivity contribution in [3.8, 4) is 0 Å². The molecule has 122 heavy (non-hydrogen) atoms. The second-order valence-corrected chi connectivity index (χ2v) is 33.8. The summed E-state index contributed by atoms with van der Waals surface area (Å²) in [6.45, 7) is 21.3. The third kappa shape index (κ3) is 19.8. The minimum absolute atomic E-state index is 0. The van der Waals surface area contributed by atoms with Crippen LogP contribution >= 0.6 is 50.7 Å². The molecule has 3 spiro atoms. The summed E-state index contributed by atoms with van der Waals surface area (Å²) < 4.78 is 68.0. The number of anilines is 8. The summed E-state index contributed by atoms with van der Waals surface area (Å²) in [5, 5.41) is 22.3. The van der Waals surface area contributed by atoms with Gasteiger partial charge in [0.1, 0.15) is 122 Å². The molecule has 12 heterocycles. The van der Waals surface area contributed by atoms with Crippen LogP contribution in [0.15, 0.2) is 129 Å². The van der Waals surface area contributed by atoms with Crippen LogP contribution in [0, 0.1) is 17.5 Å². The van der Waals surface area contributed by atoms with E-state index in [0.717, 1.165) is 16.5 Å². The number of rotatable bonds is 6.